The second-order valence-corrected chi connectivity index (χ2v) is 4.47. The Bertz CT molecular complexity index is 682. The van der Waals surface area contributed by atoms with E-state index in [4.69, 9.17) is 4.42 Å². The third-order valence-electron chi connectivity index (χ3n) is 2.54. The fourth-order valence-electron chi connectivity index (χ4n) is 1.67. The summed E-state index contributed by atoms with van der Waals surface area (Å²) >= 11 is 4.29. The molecule has 94 valence electrons. The number of benzene rings is 2. The van der Waals surface area contributed by atoms with Crippen LogP contribution in [0.15, 0.2) is 63.9 Å². The summed E-state index contributed by atoms with van der Waals surface area (Å²) in [6.45, 7) is 0. The number of nitrogens with one attached hydrogen (secondary N) is 1. The average molecular weight is 269 g/mol. The molecule has 0 aliphatic heterocycles. The van der Waals surface area contributed by atoms with Gasteiger partial charge in [-0.2, -0.15) is 0 Å². The standard InChI is InChI=1S/C14H11N3OS/c19-12-8-4-5-10(9-12)13-16-17-14(18-13)15-11-6-2-1-3-7-11/h1-9,19H,(H,15,17). The molecule has 0 aliphatic rings. The van der Waals surface area contributed by atoms with E-state index in [0.29, 0.717) is 11.9 Å². The minimum atomic E-state index is 0.366. The van der Waals surface area contributed by atoms with E-state index in [-0.39, 0.29) is 0 Å². The van der Waals surface area contributed by atoms with Gasteiger partial charge >= 0.3 is 6.01 Å². The molecule has 0 aliphatic carbocycles. The number of anilines is 2. The van der Waals surface area contributed by atoms with Crippen LogP contribution in [0.1, 0.15) is 0 Å². The molecule has 1 heterocycles. The zero-order valence-corrected chi connectivity index (χ0v) is 10.8. The Labute approximate surface area is 115 Å². The molecule has 0 atom stereocenters. The molecule has 2 aromatic carbocycles. The summed E-state index contributed by atoms with van der Waals surface area (Å²) in [5.41, 5.74) is 1.75. The molecule has 0 unspecified atom stereocenters. The lowest BCUT2D eigenvalue weighted by atomic mass is 10.2. The molecule has 0 fully saturated rings. The number of thiol groups is 1. The number of para-hydroxylation sites is 1. The van der Waals surface area contributed by atoms with Gasteiger partial charge in [0.05, 0.1) is 0 Å². The molecule has 4 nitrogen and oxygen atoms in total. The highest BCUT2D eigenvalue weighted by atomic mass is 32.1. The smallest absolute Gasteiger partial charge is 0.320 e. The van der Waals surface area contributed by atoms with E-state index in [1.54, 1.807) is 0 Å². The Balaban J connectivity index is 1.84. The van der Waals surface area contributed by atoms with Gasteiger partial charge in [-0.05, 0) is 30.3 Å². The summed E-state index contributed by atoms with van der Waals surface area (Å²) in [7, 11) is 0. The van der Waals surface area contributed by atoms with Gasteiger partial charge in [-0.15, -0.1) is 17.7 Å². The van der Waals surface area contributed by atoms with E-state index < -0.39 is 0 Å². The van der Waals surface area contributed by atoms with Gasteiger partial charge in [-0.25, -0.2) is 0 Å². The third kappa shape index (κ3) is 2.77. The van der Waals surface area contributed by atoms with Crippen molar-refractivity contribution in [2.24, 2.45) is 0 Å². The monoisotopic (exact) mass is 269 g/mol. The first-order valence-corrected chi connectivity index (χ1v) is 6.21. The van der Waals surface area contributed by atoms with Crippen molar-refractivity contribution >= 4 is 24.3 Å². The largest absolute Gasteiger partial charge is 0.403 e. The Morgan fingerprint density at radius 3 is 2.58 bits per heavy atom. The summed E-state index contributed by atoms with van der Waals surface area (Å²) in [6, 6.07) is 17.6. The van der Waals surface area contributed by atoms with Crippen molar-refractivity contribution in [3.05, 3.63) is 54.6 Å². The first kappa shape index (κ1) is 11.8. The van der Waals surface area contributed by atoms with E-state index in [0.717, 1.165) is 16.1 Å². The van der Waals surface area contributed by atoms with Gasteiger partial charge < -0.3 is 9.73 Å². The second kappa shape index (κ2) is 5.16. The average Bonchev–Trinajstić information content (AvgIpc) is 2.88. The quantitative estimate of drug-likeness (QED) is 0.711. The van der Waals surface area contributed by atoms with Crippen LogP contribution in [0.2, 0.25) is 0 Å². The maximum Gasteiger partial charge on any atom is 0.320 e. The maximum absolute atomic E-state index is 5.56. The minimum absolute atomic E-state index is 0.366. The van der Waals surface area contributed by atoms with Gasteiger partial charge in [0.25, 0.3) is 0 Å². The molecule has 0 bridgehead atoms. The zero-order chi connectivity index (χ0) is 13.1. The maximum atomic E-state index is 5.56. The second-order valence-electron chi connectivity index (χ2n) is 3.95. The van der Waals surface area contributed by atoms with Crippen LogP contribution < -0.4 is 5.32 Å². The van der Waals surface area contributed by atoms with Crippen molar-refractivity contribution < 1.29 is 4.42 Å². The van der Waals surface area contributed by atoms with Crippen molar-refractivity contribution in [1.82, 2.24) is 10.2 Å². The van der Waals surface area contributed by atoms with Crippen molar-refractivity contribution in [2.75, 3.05) is 5.32 Å². The topological polar surface area (TPSA) is 51.0 Å². The van der Waals surface area contributed by atoms with Crippen LogP contribution in [-0.4, -0.2) is 10.2 Å². The summed E-state index contributed by atoms with van der Waals surface area (Å²) in [6.07, 6.45) is 0. The van der Waals surface area contributed by atoms with E-state index in [2.05, 4.69) is 28.1 Å². The first-order valence-electron chi connectivity index (χ1n) is 5.76. The lowest BCUT2D eigenvalue weighted by Gasteiger charge is -1.99. The SMILES string of the molecule is Sc1cccc(-c2nnc(Nc3ccccc3)o2)c1. The lowest BCUT2D eigenvalue weighted by molar-refractivity contribution is 0.587. The van der Waals surface area contributed by atoms with E-state index >= 15 is 0 Å². The predicted octanol–water partition coefficient (Wildman–Crippen LogP) is 3.77. The molecular weight excluding hydrogens is 258 g/mol. The van der Waals surface area contributed by atoms with Crippen LogP contribution in [0.4, 0.5) is 11.7 Å². The molecule has 0 saturated heterocycles. The van der Waals surface area contributed by atoms with Crippen LogP contribution in [0.5, 0.6) is 0 Å². The number of rotatable bonds is 3. The van der Waals surface area contributed by atoms with Crippen molar-refractivity contribution in [2.45, 2.75) is 4.90 Å². The van der Waals surface area contributed by atoms with Crippen LogP contribution >= 0.6 is 12.6 Å². The summed E-state index contributed by atoms with van der Waals surface area (Å²) < 4.78 is 5.56. The van der Waals surface area contributed by atoms with Crippen LogP contribution in [0, 0.1) is 0 Å². The third-order valence-corrected chi connectivity index (χ3v) is 2.82. The molecule has 3 rings (SSSR count). The number of hydrogen-bond donors (Lipinski definition) is 2. The number of aromatic nitrogens is 2. The van der Waals surface area contributed by atoms with Gasteiger partial charge in [0.1, 0.15) is 0 Å². The zero-order valence-electron chi connectivity index (χ0n) is 9.95. The molecule has 0 spiro atoms. The highest BCUT2D eigenvalue weighted by molar-refractivity contribution is 7.80. The van der Waals surface area contributed by atoms with Gasteiger partial charge in [-0.3, -0.25) is 0 Å². The Morgan fingerprint density at radius 2 is 1.79 bits per heavy atom. The summed E-state index contributed by atoms with van der Waals surface area (Å²) in [5.74, 6) is 0.467. The van der Waals surface area contributed by atoms with E-state index in [9.17, 15) is 0 Å². The van der Waals surface area contributed by atoms with E-state index in [1.807, 2.05) is 54.6 Å². The van der Waals surface area contributed by atoms with Crippen molar-refractivity contribution in [3.8, 4) is 11.5 Å². The van der Waals surface area contributed by atoms with Gasteiger partial charge in [0.2, 0.25) is 5.89 Å². The predicted molar refractivity (Wildman–Crippen MR) is 76.7 cm³/mol. The van der Waals surface area contributed by atoms with Crippen LogP contribution in [-0.2, 0) is 0 Å². The van der Waals surface area contributed by atoms with Gasteiger partial charge in [0.15, 0.2) is 0 Å². The lowest BCUT2D eigenvalue weighted by Crippen LogP contribution is -1.88. The molecule has 1 aromatic heterocycles. The fourth-order valence-corrected chi connectivity index (χ4v) is 1.90. The normalized spacial score (nSPS) is 10.4. The van der Waals surface area contributed by atoms with Crippen LogP contribution in [0.3, 0.4) is 0 Å². The molecule has 5 heteroatoms. The molecule has 0 amide bonds. The molecule has 0 saturated carbocycles. The van der Waals surface area contributed by atoms with Crippen LogP contribution in [0.25, 0.3) is 11.5 Å². The van der Waals surface area contributed by atoms with Crippen molar-refractivity contribution in [3.63, 3.8) is 0 Å². The Kier molecular flexibility index (Phi) is 3.20. The molecule has 1 N–H and O–H groups in total. The molecular formula is C14H11N3OS. The minimum Gasteiger partial charge on any atom is -0.403 e. The fraction of sp³-hybridized carbons (Fsp3) is 0. The Morgan fingerprint density at radius 1 is 0.947 bits per heavy atom. The molecule has 19 heavy (non-hydrogen) atoms. The first-order chi connectivity index (χ1) is 9.31. The Hall–Kier alpha value is -2.27. The highest BCUT2D eigenvalue weighted by Gasteiger charge is 2.08. The highest BCUT2D eigenvalue weighted by Crippen LogP contribution is 2.23. The number of hydrogen-bond acceptors (Lipinski definition) is 5. The molecule has 3 aromatic rings. The van der Waals surface area contributed by atoms with Gasteiger partial charge in [0, 0.05) is 16.1 Å². The van der Waals surface area contributed by atoms with Gasteiger partial charge in [-0.1, -0.05) is 29.4 Å². The van der Waals surface area contributed by atoms with E-state index in [1.165, 1.54) is 0 Å². The molecule has 0 radical (unpaired) electrons. The summed E-state index contributed by atoms with van der Waals surface area (Å²) in [5, 5.41) is 11.0. The summed E-state index contributed by atoms with van der Waals surface area (Å²) in [4.78, 5) is 0.855. The van der Waals surface area contributed by atoms with Crippen molar-refractivity contribution in [1.29, 1.82) is 0 Å². The number of nitrogens with zero attached hydrogens (tertiary/aromatic N) is 2.